The molecule has 0 unspecified atom stereocenters. The number of rotatable bonds is 11. The smallest absolute Gasteiger partial charge is 0.408 e. The van der Waals surface area contributed by atoms with Gasteiger partial charge in [-0.2, -0.15) is 0 Å². The normalized spacial score (nSPS) is 13.7. The number of nitrogens with one attached hydrogen (secondary N) is 3. The summed E-state index contributed by atoms with van der Waals surface area (Å²) in [6.45, 7) is 4.57. The molecule has 10 nitrogen and oxygen atoms in total. The lowest BCUT2D eigenvalue weighted by atomic mass is 10.1. The summed E-state index contributed by atoms with van der Waals surface area (Å²) in [5.74, 6) is -1.51. The number of alkyl carbamates (subject to hydrolysis) is 1. The van der Waals surface area contributed by atoms with Crippen molar-refractivity contribution in [3.8, 4) is 11.5 Å². The number of hydrogen-bond acceptors (Lipinski definition) is 7. The molecule has 1 atom stereocenters. The maximum absolute atomic E-state index is 14.1. The van der Waals surface area contributed by atoms with Crippen LogP contribution in [0.4, 0.5) is 14.9 Å². The summed E-state index contributed by atoms with van der Waals surface area (Å²) in [7, 11) is 1.35. The van der Waals surface area contributed by atoms with E-state index in [0.29, 0.717) is 18.1 Å². The van der Waals surface area contributed by atoms with Crippen molar-refractivity contribution in [2.24, 2.45) is 5.92 Å². The molecule has 4 N–H and O–H groups in total. The summed E-state index contributed by atoms with van der Waals surface area (Å²) < 4.78 is 30.1. The van der Waals surface area contributed by atoms with Crippen LogP contribution in [-0.2, 0) is 16.1 Å². The molecule has 0 radical (unpaired) electrons. The lowest BCUT2D eigenvalue weighted by Gasteiger charge is -2.23. The molecule has 2 aromatic rings. The first-order chi connectivity index (χ1) is 18.4. The average molecular weight is 566 g/mol. The topological polar surface area (TPSA) is 135 Å². The third-order valence-electron chi connectivity index (χ3n) is 5.61. The highest BCUT2D eigenvalue weighted by Gasteiger charge is 2.29. The van der Waals surface area contributed by atoms with Gasteiger partial charge in [-0.3, -0.25) is 9.59 Å². The maximum atomic E-state index is 14.1. The molecule has 0 bridgehead atoms. The number of benzene rings is 2. The van der Waals surface area contributed by atoms with E-state index in [-0.39, 0.29) is 34.3 Å². The molecule has 2 aromatic carbocycles. The molecule has 1 fully saturated rings. The minimum atomic E-state index is -1.34. The molecule has 0 spiro atoms. The van der Waals surface area contributed by atoms with Gasteiger partial charge in [-0.1, -0.05) is 17.7 Å². The van der Waals surface area contributed by atoms with Crippen LogP contribution in [0.5, 0.6) is 11.5 Å². The Morgan fingerprint density at radius 2 is 1.90 bits per heavy atom. The molecular formula is C27H33ClFN3O7. The van der Waals surface area contributed by atoms with Crippen LogP contribution >= 0.6 is 11.6 Å². The molecule has 0 aromatic heterocycles. The highest BCUT2D eigenvalue weighted by Crippen LogP contribution is 2.37. The van der Waals surface area contributed by atoms with Crippen molar-refractivity contribution in [2.45, 2.75) is 51.8 Å². The standard InChI is InChI=1S/C27H33ClFN3O7/c1-27(2,3)39-26(36)32-20(13-33)24(34)31-19-9-8-17(28)22(23(19)38-14-15-5-6-15)25(35)30-12-16-7-10-21(37-4)18(29)11-16/h7-11,15,20,33H,5-6,12-14H2,1-4H3,(H,30,35)(H,31,34)(H,32,36)/t20-/m0/s1. The summed E-state index contributed by atoms with van der Waals surface area (Å²) in [6.07, 6.45) is 1.06. The van der Waals surface area contributed by atoms with Gasteiger partial charge in [0.1, 0.15) is 17.2 Å². The maximum Gasteiger partial charge on any atom is 0.408 e. The van der Waals surface area contributed by atoms with E-state index in [4.69, 9.17) is 25.8 Å². The van der Waals surface area contributed by atoms with Gasteiger partial charge in [0.25, 0.3) is 5.91 Å². The fourth-order valence-electron chi connectivity index (χ4n) is 3.46. The van der Waals surface area contributed by atoms with E-state index in [9.17, 15) is 23.9 Å². The van der Waals surface area contributed by atoms with Crippen molar-refractivity contribution in [3.05, 3.63) is 52.3 Å². The zero-order valence-corrected chi connectivity index (χ0v) is 23.0. The molecule has 0 heterocycles. The van der Waals surface area contributed by atoms with Gasteiger partial charge in [0.2, 0.25) is 5.91 Å². The van der Waals surface area contributed by atoms with Gasteiger partial charge in [0, 0.05) is 6.54 Å². The number of amides is 3. The van der Waals surface area contributed by atoms with Crippen LogP contribution in [0.1, 0.15) is 49.5 Å². The zero-order valence-electron chi connectivity index (χ0n) is 22.2. The van der Waals surface area contributed by atoms with Crippen molar-refractivity contribution in [2.75, 3.05) is 25.6 Å². The summed E-state index contributed by atoms with van der Waals surface area (Å²) >= 11 is 6.39. The van der Waals surface area contributed by atoms with Gasteiger partial charge < -0.3 is 35.3 Å². The minimum absolute atomic E-state index is 0.0128. The summed E-state index contributed by atoms with van der Waals surface area (Å²) in [4.78, 5) is 38.3. The highest BCUT2D eigenvalue weighted by molar-refractivity contribution is 6.34. The second-order valence-corrected chi connectivity index (χ2v) is 10.5. The van der Waals surface area contributed by atoms with Crippen molar-refractivity contribution in [1.29, 1.82) is 0 Å². The largest absolute Gasteiger partial charge is 0.494 e. The van der Waals surface area contributed by atoms with E-state index < -0.39 is 42.0 Å². The third-order valence-corrected chi connectivity index (χ3v) is 5.93. The fourth-order valence-corrected chi connectivity index (χ4v) is 3.69. The Kier molecular flexibility index (Phi) is 9.98. The molecule has 1 aliphatic carbocycles. The van der Waals surface area contributed by atoms with Gasteiger partial charge in [-0.15, -0.1) is 0 Å². The Bertz CT molecular complexity index is 1210. The molecule has 1 saturated carbocycles. The number of halogens is 2. The molecule has 39 heavy (non-hydrogen) atoms. The van der Waals surface area contributed by atoms with Gasteiger partial charge in [-0.05, 0) is 69.4 Å². The average Bonchev–Trinajstić information content (AvgIpc) is 3.69. The number of aliphatic hydroxyl groups excluding tert-OH is 1. The first kappa shape index (κ1) is 30.0. The van der Waals surface area contributed by atoms with Crippen LogP contribution in [0.3, 0.4) is 0 Å². The van der Waals surface area contributed by atoms with E-state index in [1.807, 2.05) is 0 Å². The van der Waals surface area contributed by atoms with Crippen molar-refractivity contribution >= 4 is 35.2 Å². The number of ether oxygens (including phenoxy) is 3. The molecule has 1 aliphatic rings. The predicted octanol–water partition coefficient (Wildman–Crippen LogP) is 4.03. The number of anilines is 1. The fraction of sp³-hybridized carbons (Fsp3) is 0.444. The Labute approximate surface area is 231 Å². The number of carbonyl (C=O) groups excluding carboxylic acids is 3. The summed E-state index contributed by atoms with van der Waals surface area (Å²) in [6, 6.07) is 5.84. The van der Waals surface area contributed by atoms with E-state index in [1.54, 1.807) is 26.8 Å². The second-order valence-electron chi connectivity index (χ2n) is 10.1. The molecule has 0 aliphatic heterocycles. The summed E-state index contributed by atoms with van der Waals surface area (Å²) in [5, 5.41) is 17.4. The minimum Gasteiger partial charge on any atom is -0.494 e. The van der Waals surface area contributed by atoms with Crippen molar-refractivity contribution in [1.82, 2.24) is 10.6 Å². The second kappa shape index (κ2) is 13.0. The Hall–Kier alpha value is -3.57. The van der Waals surface area contributed by atoms with Gasteiger partial charge in [0.15, 0.2) is 17.3 Å². The van der Waals surface area contributed by atoms with E-state index in [0.717, 1.165) is 12.8 Å². The van der Waals surface area contributed by atoms with Gasteiger partial charge in [-0.25, -0.2) is 9.18 Å². The number of hydrogen-bond donors (Lipinski definition) is 4. The van der Waals surface area contributed by atoms with Crippen LogP contribution in [0.15, 0.2) is 30.3 Å². The monoisotopic (exact) mass is 565 g/mol. The van der Waals surface area contributed by atoms with E-state index >= 15 is 0 Å². The van der Waals surface area contributed by atoms with Crippen LogP contribution < -0.4 is 25.4 Å². The molecule has 12 heteroatoms. The Balaban J connectivity index is 1.81. The van der Waals surface area contributed by atoms with Crippen LogP contribution in [-0.4, -0.2) is 55.0 Å². The highest BCUT2D eigenvalue weighted by atomic mass is 35.5. The van der Waals surface area contributed by atoms with Gasteiger partial charge in [0.05, 0.1) is 31.0 Å². The summed E-state index contributed by atoms with van der Waals surface area (Å²) in [5.41, 5.74) is -0.220. The molecule has 212 valence electrons. The zero-order chi connectivity index (χ0) is 28.7. The van der Waals surface area contributed by atoms with Crippen molar-refractivity contribution < 1.29 is 38.1 Å². The first-order valence-electron chi connectivity index (χ1n) is 12.4. The molecule has 3 amide bonds. The lowest BCUT2D eigenvalue weighted by molar-refractivity contribution is -0.119. The molecule has 3 rings (SSSR count). The Morgan fingerprint density at radius 3 is 2.49 bits per heavy atom. The van der Waals surface area contributed by atoms with E-state index in [2.05, 4.69) is 16.0 Å². The predicted molar refractivity (Wildman–Crippen MR) is 143 cm³/mol. The van der Waals surface area contributed by atoms with Crippen LogP contribution in [0, 0.1) is 11.7 Å². The Morgan fingerprint density at radius 1 is 1.18 bits per heavy atom. The van der Waals surface area contributed by atoms with Crippen molar-refractivity contribution in [3.63, 3.8) is 0 Å². The number of methoxy groups -OCH3 is 1. The van der Waals surface area contributed by atoms with Gasteiger partial charge >= 0.3 is 6.09 Å². The quantitative estimate of drug-likeness (QED) is 0.323. The molecular weight excluding hydrogens is 533 g/mol. The third kappa shape index (κ3) is 8.72. The molecule has 0 saturated heterocycles. The number of carbonyl (C=O) groups is 3. The SMILES string of the molecule is COc1ccc(CNC(=O)c2c(Cl)ccc(NC(=O)[C@H](CO)NC(=O)OC(C)(C)C)c2OCC2CC2)cc1F. The lowest BCUT2D eigenvalue weighted by Crippen LogP contribution is -2.47. The first-order valence-corrected chi connectivity index (χ1v) is 12.8. The van der Waals surface area contributed by atoms with E-state index in [1.165, 1.54) is 31.4 Å². The van der Waals surface area contributed by atoms with Crippen LogP contribution in [0.2, 0.25) is 5.02 Å². The van der Waals surface area contributed by atoms with Crippen LogP contribution in [0.25, 0.3) is 0 Å². The number of aliphatic hydroxyl groups is 1.